The highest BCUT2D eigenvalue weighted by molar-refractivity contribution is 6.66. The van der Waals surface area contributed by atoms with Crippen LogP contribution in [0, 0.1) is 0 Å². The van der Waals surface area contributed by atoms with Crippen LogP contribution in [-0.2, 0) is 4.79 Å². The van der Waals surface area contributed by atoms with Gasteiger partial charge < -0.3 is 0 Å². The largest absolute Gasteiger partial charge is 0.342 e. The van der Waals surface area contributed by atoms with Crippen molar-refractivity contribution < 1.29 is 18.0 Å². The Morgan fingerprint density at radius 2 is 1.45 bits per heavy atom. The molecule has 0 bridgehead atoms. The summed E-state index contributed by atoms with van der Waals surface area (Å²) >= 11 is 14.0. The van der Waals surface area contributed by atoms with Crippen molar-refractivity contribution in [3.63, 3.8) is 0 Å². The van der Waals surface area contributed by atoms with Crippen molar-refractivity contribution in [3.05, 3.63) is 0 Å². The van der Waals surface area contributed by atoms with E-state index in [-0.39, 0.29) is 0 Å². The lowest BCUT2D eigenvalue weighted by Gasteiger charge is -2.45. The van der Waals surface area contributed by atoms with Crippen LogP contribution in [0.5, 0.6) is 0 Å². The Morgan fingerprint density at radius 3 is 1.55 bits per heavy atom. The summed E-state index contributed by atoms with van der Waals surface area (Å²) in [6, 6.07) is 0. The zero-order valence-corrected chi connectivity index (χ0v) is 6.94. The van der Waals surface area contributed by atoms with Crippen molar-refractivity contribution >= 4 is 40.6 Å². The van der Waals surface area contributed by atoms with Gasteiger partial charge >= 0.3 is 11.1 Å². The number of hydrogen-bond donors (Lipinski definition) is 0. The maximum atomic E-state index is 12.4. The van der Waals surface area contributed by atoms with Gasteiger partial charge in [-0.25, -0.2) is 4.39 Å². The summed E-state index contributed by atoms with van der Waals surface area (Å²) in [5.41, 5.74) is 0. The van der Waals surface area contributed by atoms with Crippen molar-refractivity contribution in [2.24, 2.45) is 0 Å². The maximum Gasteiger partial charge on any atom is 0.342 e. The van der Waals surface area contributed by atoms with Gasteiger partial charge in [-0.2, -0.15) is 8.78 Å². The molecule has 1 unspecified atom stereocenters. The first-order valence-corrected chi connectivity index (χ1v) is 3.47. The normalized spacial score (nSPS) is 40.0. The van der Waals surface area contributed by atoms with Gasteiger partial charge in [0.05, 0.1) is 0 Å². The summed E-state index contributed by atoms with van der Waals surface area (Å²) in [4.78, 5) is 10.4. The lowest BCUT2D eigenvalue weighted by molar-refractivity contribution is -0.187. The number of carbonyl (C=O) groups excluding carboxylic acids is 1. The van der Waals surface area contributed by atoms with Crippen molar-refractivity contribution in [2.45, 2.75) is 15.4 Å². The van der Waals surface area contributed by atoms with Crippen LogP contribution >= 0.6 is 34.8 Å². The Morgan fingerprint density at radius 1 is 1.09 bits per heavy atom. The van der Waals surface area contributed by atoms with E-state index >= 15 is 0 Å². The summed E-state index contributed by atoms with van der Waals surface area (Å²) in [5.74, 6) is -5.96. The molecule has 0 spiro atoms. The third kappa shape index (κ3) is 0.779. The standard InChI is InChI=1S/C4Cl3F3O/c5-2(6)1(11)3(7,8)4(2,9)10. The number of halogens is 6. The molecule has 11 heavy (non-hydrogen) atoms. The molecule has 0 aromatic heterocycles. The molecule has 0 aromatic carbocycles. The highest BCUT2D eigenvalue weighted by Crippen LogP contribution is 2.61. The maximum absolute atomic E-state index is 12.4. The highest BCUT2D eigenvalue weighted by atomic mass is 35.5. The third-order valence-electron chi connectivity index (χ3n) is 1.36. The van der Waals surface area contributed by atoms with E-state index in [1.54, 1.807) is 0 Å². The second-order valence-electron chi connectivity index (χ2n) is 2.05. The van der Waals surface area contributed by atoms with Crippen LogP contribution in [0.15, 0.2) is 0 Å². The van der Waals surface area contributed by atoms with Crippen molar-refractivity contribution in [3.8, 4) is 0 Å². The number of rotatable bonds is 0. The average Bonchev–Trinajstić information content (AvgIpc) is 1.84. The van der Waals surface area contributed by atoms with Gasteiger partial charge in [-0.15, -0.1) is 0 Å². The topological polar surface area (TPSA) is 17.1 Å². The molecule has 7 heteroatoms. The summed E-state index contributed by atoms with van der Waals surface area (Å²) in [5, 5.41) is -3.75. The minimum absolute atomic E-state index is 1.72. The van der Waals surface area contributed by atoms with Gasteiger partial charge in [-0.05, 0) is 0 Å². The fourth-order valence-electron chi connectivity index (χ4n) is 0.617. The molecule has 1 aliphatic carbocycles. The van der Waals surface area contributed by atoms with Crippen LogP contribution in [0.1, 0.15) is 0 Å². The summed E-state index contributed by atoms with van der Waals surface area (Å²) < 4.78 is 34.0. The van der Waals surface area contributed by atoms with E-state index in [4.69, 9.17) is 23.2 Å². The SMILES string of the molecule is O=C1C(F)(Cl)C(F)(F)C1(Cl)Cl. The van der Waals surface area contributed by atoms with Gasteiger partial charge in [-0.1, -0.05) is 34.8 Å². The average molecular weight is 227 g/mol. The van der Waals surface area contributed by atoms with Crippen LogP contribution in [-0.4, -0.2) is 21.2 Å². The highest BCUT2D eigenvalue weighted by Gasteiger charge is 2.85. The predicted molar refractivity (Wildman–Crippen MR) is 34.1 cm³/mol. The summed E-state index contributed by atoms with van der Waals surface area (Å²) in [7, 11) is 0. The number of alkyl halides is 6. The van der Waals surface area contributed by atoms with E-state index in [9.17, 15) is 18.0 Å². The van der Waals surface area contributed by atoms with Crippen LogP contribution < -0.4 is 0 Å². The second-order valence-corrected chi connectivity index (χ2v) is 3.90. The van der Waals surface area contributed by atoms with E-state index in [0.29, 0.717) is 0 Å². The van der Waals surface area contributed by atoms with Crippen molar-refractivity contribution in [1.29, 1.82) is 0 Å². The molecule has 1 atom stereocenters. The van der Waals surface area contributed by atoms with Crippen LogP contribution in [0.25, 0.3) is 0 Å². The molecule has 1 saturated carbocycles. The van der Waals surface area contributed by atoms with Crippen LogP contribution in [0.2, 0.25) is 0 Å². The van der Waals surface area contributed by atoms with E-state index in [1.165, 1.54) is 0 Å². The van der Waals surface area contributed by atoms with E-state index < -0.39 is 21.2 Å². The molecule has 0 aromatic rings. The van der Waals surface area contributed by atoms with Gasteiger partial charge in [0.25, 0.3) is 0 Å². The molecular formula is C4Cl3F3O. The molecule has 0 radical (unpaired) electrons. The first kappa shape index (κ1) is 9.42. The molecule has 1 rings (SSSR count). The fourth-order valence-corrected chi connectivity index (χ4v) is 1.61. The first-order chi connectivity index (χ1) is 4.65. The number of hydrogen-bond acceptors (Lipinski definition) is 1. The van der Waals surface area contributed by atoms with Crippen molar-refractivity contribution in [1.82, 2.24) is 0 Å². The fraction of sp³-hybridized carbons (Fsp3) is 0.750. The van der Waals surface area contributed by atoms with E-state index in [1.807, 2.05) is 0 Å². The van der Waals surface area contributed by atoms with Gasteiger partial charge in [-0.3, -0.25) is 4.79 Å². The molecule has 0 heterocycles. The Kier molecular flexibility index (Phi) is 1.69. The number of ketones is 1. The van der Waals surface area contributed by atoms with Crippen LogP contribution in [0.4, 0.5) is 13.2 Å². The minimum Gasteiger partial charge on any atom is -0.291 e. The molecular weight excluding hydrogens is 227 g/mol. The van der Waals surface area contributed by atoms with Gasteiger partial charge in [0.1, 0.15) is 0 Å². The summed E-state index contributed by atoms with van der Waals surface area (Å²) in [6.45, 7) is 0. The summed E-state index contributed by atoms with van der Waals surface area (Å²) in [6.07, 6.45) is 0. The second kappa shape index (κ2) is 1.98. The molecule has 0 amide bonds. The lowest BCUT2D eigenvalue weighted by atomic mass is 9.88. The lowest BCUT2D eigenvalue weighted by Crippen LogP contribution is -2.74. The van der Waals surface area contributed by atoms with E-state index in [0.717, 1.165) is 0 Å². The Balaban J connectivity index is 3.08. The smallest absolute Gasteiger partial charge is 0.291 e. The number of Topliss-reactive ketones (excluding diaryl/α,β-unsaturated/α-hetero) is 1. The minimum atomic E-state index is -4.23. The van der Waals surface area contributed by atoms with Gasteiger partial charge in [0.2, 0.25) is 10.1 Å². The molecule has 1 aliphatic rings. The Hall–Kier alpha value is 0.330. The molecule has 0 saturated heterocycles. The predicted octanol–water partition coefficient (Wildman–Crippen LogP) is 2.28. The van der Waals surface area contributed by atoms with Gasteiger partial charge in [0, 0.05) is 0 Å². The molecule has 0 aliphatic heterocycles. The van der Waals surface area contributed by atoms with Gasteiger partial charge in [0.15, 0.2) is 0 Å². The monoisotopic (exact) mass is 226 g/mol. The molecule has 1 nitrogen and oxygen atoms in total. The van der Waals surface area contributed by atoms with Crippen molar-refractivity contribution in [2.75, 3.05) is 0 Å². The zero-order chi connectivity index (χ0) is 9.08. The molecule has 1 fully saturated rings. The molecule has 0 N–H and O–H groups in total. The number of carbonyl (C=O) groups is 1. The first-order valence-electron chi connectivity index (χ1n) is 2.34. The van der Waals surface area contributed by atoms with Crippen LogP contribution in [0.3, 0.4) is 0 Å². The Labute approximate surface area is 74.4 Å². The molecule has 64 valence electrons. The quantitative estimate of drug-likeness (QED) is 0.580. The Bertz CT molecular complexity index is 205. The van der Waals surface area contributed by atoms with E-state index in [2.05, 4.69) is 11.6 Å². The zero-order valence-electron chi connectivity index (χ0n) is 4.68. The third-order valence-corrected chi connectivity index (χ3v) is 2.59.